The van der Waals surface area contributed by atoms with Crippen LogP contribution in [0, 0.1) is 0 Å². The van der Waals surface area contributed by atoms with Gasteiger partial charge in [0.05, 0.1) is 41.9 Å². The van der Waals surface area contributed by atoms with Crippen LogP contribution in [0.25, 0.3) is 16.9 Å². The standard InChI is InChI=1S/C24H25ClN2O4/c1-16(28)24(2,3)30-13-18-12-23(27(26-18)22-10-5-4-9-21(22)25)17-7-6-8-19(11-17)31-20-14-29-15-20/h4-12,20,28H,1,13-15H2,2-3H3. The van der Waals surface area contributed by atoms with Gasteiger partial charge in [-0.2, -0.15) is 5.10 Å². The predicted molar refractivity (Wildman–Crippen MR) is 120 cm³/mol. The minimum Gasteiger partial charge on any atom is -0.510 e. The number of hydrogen-bond donors (Lipinski definition) is 1. The summed E-state index contributed by atoms with van der Waals surface area (Å²) in [5.74, 6) is 0.733. The molecule has 1 N–H and O–H groups in total. The molecule has 1 aliphatic heterocycles. The summed E-state index contributed by atoms with van der Waals surface area (Å²) in [7, 11) is 0. The zero-order valence-corrected chi connectivity index (χ0v) is 18.3. The number of aliphatic hydroxyl groups is 1. The molecular formula is C24H25ClN2O4. The summed E-state index contributed by atoms with van der Waals surface area (Å²) in [5.41, 5.74) is 2.36. The van der Waals surface area contributed by atoms with Gasteiger partial charge in [-0.25, -0.2) is 4.68 Å². The van der Waals surface area contributed by atoms with Gasteiger partial charge in [-0.1, -0.05) is 42.4 Å². The largest absolute Gasteiger partial charge is 0.510 e. The molecular weight excluding hydrogens is 416 g/mol. The minimum atomic E-state index is -0.882. The maximum absolute atomic E-state index is 9.75. The van der Waals surface area contributed by atoms with Gasteiger partial charge in [-0.05, 0) is 44.2 Å². The van der Waals surface area contributed by atoms with E-state index in [4.69, 9.17) is 30.9 Å². The van der Waals surface area contributed by atoms with Gasteiger partial charge in [0, 0.05) is 5.56 Å². The zero-order chi connectivity index (χ0) is 22.0. The highest BCUT2D eigenvalue weighted by Crippen LogP contribution is 2.31. The predicted octanol–water partition coefficient (Wildman–Crippen LogP) is 5.34. The summed E-state index contributed by atoms with van der Waals surface area (Å²) in [4.78, 5) is 0. The number of nitrogens with zero attached hydrogens (tertiary/aromatic N) is 2. The average molecular weight is 441 g/mol. The number of rotatable bonds is 8. The van der Waals surface area contributed by atoms with E-state index in [0.717, 1.165) is 22.7 Å². The van der Waals surface area contributed by atoms with E-state index in [-0.39, 0.29) is 18.5 Å². The van der Waals surface area contributed by atoms with Crippen molar-refractivity contribution in [2.24, 2.45) is 0 Å². The van der Waals surface area contributed by atoms with Gasteiger partial charge < -0.3 is 19.3 Å². The summed E-state index contributed by atoms with van der Waals surface area (Å²) < 4.78 is 18.8. The van der Waals surface area contributed by atoms with Crippen molar-refractivity contribution in [2.45, 2.75) is 32.2 Å². The molecule has 0 radical (unpaired) electrons. The molecule has 7 heteroatoms. The third kappa shape index (κ3) is 4.77. The SMILES string of the molecule is C=C(O)C(C)(C)OCc1cc(-c2cccc(OC3COC3)c2)n(-c2ccccc2Cl)n1. The van der Waals surface area contributed by atoms with Crippen molar-refractivity contribution >= 4 is 11.6 Å². The Hall–Kier alpha value is -2.80. The van der Waals surface area contributed by atoms with E-state index in [2.05, 4.69) is 6.58 Å². The van der Waals surface area contributed by atoms with E-state index >= 15 is 0 Å². The Morgan fingerprint density at radius 2 is 2.00 bits per heavy atom. The molecule has 2 heterocycles. The molecule has 0 spiro atoms. The van der Waals surface area contributed by atoms with Crippen LogP contribution in [-0.2, 0) is 16.1 Å². The first-order valence-corrected chi connectivity index (χ1v) is 10.4. The van der Waals surface area contributed by atoms with Crippen LogP contribution >= 0.6 is 11.6 Å². The number of halogens is 1. The monoisotopic (exact) mass is 440 g/mol. The van der Waals surface area contributed by atoms with Crippen molar-refractivity contribution in [3.05, 3.63) is 77.7 Å². The molecule has 0 saturated carbocycles. The van der Waals surface area contributed by atoms with Gasteiger partial charge in [0.2, 0.25) is 0 Å². The number of benzene rings is 2. The third-order valence-electron chi connectivity index (χ3n) is 5.16. The summed E-state index contributed by atoms with van der Waals surface area (Å²) in [6, 6.07) is 17.3. The third-order valence-corrected chi connectivity index (χ3v) is 5.48. The van der Waals surface area contributed by atoms with Crippen LogP contribution in [0.1, 0.15) is 19.5 Å². The Balaban J connectivity index is 1.70. The normalized spacial score (nSPS) is 14.3. The highest BCUT2D eigenvalue weighted by atomic mass is 35.5. The van der Waals surface area contributed by atoms with E-state index in [1.165, 1.54) is 0 Å². The number of hydrogen-bond acceptors (Lipinski definition) is 5. The number of ether oxygens (including phenoxy) is 3. The van der Waals surface area contributed by atoms with Crippen LogP contribution in [0.5, 0.6) is 5.75 Å². The highest BCUT2D eigenvalue weighted by Gasteiger charge is 2.24. The number of aliphatic hydroxyl groups excluding tert-OH is 1. The highest BCUT2D eigenvalue weighted by molar-refractivity contribution is 6.32. The average Bonchev–Trinajstić information content (AvgIpc) is 3.14. The lowest BCUT2D eigenvalue weighted by Crippen LogP contribution is -2.38. The van der Waals surface area contributed by atoms with Crippen LogP contribution in [0.2, 0.25) is 5.02 Å². The first-order chi connectivity index (χ1) is 14.8. The van der Waals surface area contributed by atoms with Crippen molar-refractivity contribution in [1.82, 2.24) is 9.78 Å². The molecule has 0 bridgehead atoms. The molecule has 1 aliphatic rings. The Kier molecular flexibility index (Phi) is 6.05. The lowest BCUT2D eigenvalue weighted by molar-refractivity contribution is -0.0796. The summed E-state index contributed by atoms with van der Waals surface area (Å²) in [5, 5.41) is 15.1. The molecule has 162 valence electrons. The molecule has 0 amide bonds. The van der Waals surface area contributed by atoms with Crippen LogP contribution in [0.3, 0.4) is 0 Å². The lowest BCUT2D eigenvalue weighted by atomic mass is 10.1. The Morgan fingerprint density at radius 1 is 1.23 bits per heavy atom. The molecule has 2 aromatic carbocycles. The van der Waals surface area contributed by atoms with Crippen LogP contribution in [0.4, 0.5) is 0 Å². The Morgan fingerprint density at radius 3 is 2.68 bits per heavy atom. The topological polar surface area (TPSA) is 65.7 Å². The van der Waals surface area contributed by atoms with Crippen LogP contribution in [-0.4, -0.2) is 39.8 Å². The van der Waals surface area contributed by atoms with E-state index in [1.807, 2.05) is 54.6 Å². The number of para-hydroxylation sites is 1. The first-order valence-electron chi connectivity index (χ1n) is 10.0. The Labute approximate surface area is 186 Å². The summed E-state index contributed by atoms with van der Waals surface area (Å²) in [6.45, 7) is 8.50. The fourth-order valence-corrected chi connectivity index (χ4v) is 3.27. The van der Waals surface area contributed by atoms with Crippen molar-refractivity contribution in [1.29, 1.82) is 0 Å². The van der Waals surface area contributed by atoms with Gasteiger partial charge in [0.1, 0.15) is 23.2 Å². The molecule has 0 unspecified atom stereocenters. The maximum Gasteiger partial charge on any atom is 0.145 e. The quantitative estimate of drug-likeness (QED) is 0.479. The van der Waals surface area contributed by atoms with Gasteiger partial charge in [-0.3, -0.25) is 0 Å². The van der Waals surface area contributed by atoms with E-state index < -0.39 is 5.60 Å². The summed E-state index contributed by atoms with van der Waals surface area (Å²) in [6.07, 6.45) is 0.0847. The summed E-state index contributed by atoms with van der Waals surface area (Å²) >= 11 is 6.47. The molecule has 3 aromatic rings. The van der Waals surface area contributed by atoms with Crippen LogP contribution < -0.4 is 4.74 Å². The van der Waals surface area contributed by atoms with E-state index in [9.17, 15) is 5.11 Å². The van der Waals surface area contributed by atoms with Crippen molar-refractivity contribution in [2.75, 3.05) is 13.2 Å². The molecule has 1 saturated heterocycles. The van der Waals surface area contributed by atoms with Gasteiger partial charge >= 0.3 is 0 Å². The van der Waals surface area contributed by atoms with Gasteiger partial charge in [0.25, 0.3) is 0 Å². The fourth-order valence-electron chi connectivity index (χ4n) is 3.05. The molecule has 0 atom stereocenters. The zero-order valence-electron chi connectivity index (χ0n) is 17.5. The van der Waals surface area contributed by atoms with Crippen molar-refractivity contribution in [3.63, 3.8) is 0 Å². The molecule has 1 fully saturated rings. The van der Waals surface area contributed by atoms with Gasteiger partial charge in [-0.15, -0.1) is 0 Å². The van der Waals surface area contributed by atoms with E-state index in [0.29, 0.717) is 23.9 Å². The second kappa shape index (κ2) is 8.75. The molecule has 6 nitrogen and oxygen atoms in total. The van der Waals surface area contributed by atoms with Crippen LogP contribution in [0.15, 0.2) is 66.9 Å². The van der Waals surface area contributed by atoms with Crippen molar-refractivity contribution in [3.8, 4) is 22.7 Å². The number of aromatic nitrogens is 2. The molecule has 4 rings (SSSR count). The molecule has 0 aliphatic carbocycles. The van der Waals surface area contributed by atoms with Crippen molar-refractivity contribution < 1.29 is 19.3 Å². The minimum absolute atomic E-state index is 0.0388. The first kappa shape index (κ1) is 21.4. The molecule has 31 heavy (non-hydrogen) atoms. The smallest absolute Gasteiger partial charge is 0.145 e. The lowest BCUT2D eigenvalue weighted by Gasteiger charge is -2.26. The van der Waals surface area contributed by atoms with Gasteiger partial charge in [0.15, 0.2) is 0 Å². The van der Waals surface area contributed by atoms with E-state index in [1.54, 1.807) is 18.5 Å². The maximum atomic E-state index is 9.75. The second-order valence-electron chi connectivity index (χ2n) is 7.93. The fraction of sp³-hybridized carbons (Fsp3) is 0.292. The second-order valence-corrected chi connectivity index (χ2v) is 8.34. The molecule has 1 aromatic heterocycles. The Bertz CT molecular complexity index is 1090.